The van der Waals surface area contributed by atoms with Crippen LogP contribution in [0.25, 0.3) is 0 Å². The molecule has 0 heterocycles. The average molecular weight is 387 g/mol. The molecular formula is C16H16Cl2N2O3S. The van der Waals surface area contributed by atoms with Gasteiger partial charge in [-0.2, -0.15) is 0 Å². The topological polar surface area (TPSA) is 89.3 Å². The van der Waals surface area contributed by atoms with Crippen LogP contribution >= 0.6 is 23.2 Å². The second-order valence-corrected chi connectivity index (χ2v) is 7.61. The first-order valence-electron chi connectivity index (χ1n) is 7.08. The SMILES string of the molecule is NS(=O)(=O)c1cccc(CNC(=O)CCc2ccc(Cl)cc2Cl)c1. The Kier molecular flexibility index (Phi) is 6.23. The van der Waals surface area contributed by atoms with Gasteiger partial charge in [0.15, 0.2) is 0 Å². The fraction of sp³-hybridized carbons (Fsp3) is 0.188. The third-order valence-electron chi connectivity index (χ3n) is 3.35. The third-order valence-corrected chi connectivity index (χ3v) is 4.85. The number of carbonyl (C=O) groups is 1. The van der Waals surface area contributed by atoms with E-state index in [4.69, 9.17) is 28.3 Å². The molecule has 2 aromatic carbocycles. The van der Waals surface area contributed by atoms with Gasteiger partial charge in [0.2, 0.25) is 15.9 Å². The number of sulfonamides is 1. The molecule has 0 saturated carbocycles. The van der Waals surface area contributed by atoms with E-state index in [0.29, 0.717) is 22.0 Å². The predicted molar refractivity (Wildman–Crippen MR) is 94.4 cm³/mol. The lowest BCUT2D eigenvalue weighted by Crippen LogP contribution is -2.23. The van der Waals surface area contributed by atoms with E-state index in [1.165, 1.54) is 12.1 Å². The Balaban J connectivity index is 1.89. The highest BCUT2D eigenvalue weighted by atomic mass is 35.5. The Morgan fingerprint density at radius 3 is 2.54 bits per heavy atom. The second kappa shape index (κ2) is 7.98. The van der Waals surface area contributed by atoms with Crippen LogP contribution in [0.5, 0.6) is 0 Å². The van der Waals surface area contributed by atoms with Crippen molar-refractivity contribution >= 4 is 39.1 Å². The molecule has 0 aliphatic heterocycles. The minimum absolute atomic E-state index is 0.0159. The van der Waals surface area contributed by atoms with Gasteiger partial charge < -0.3 is 5.32 Å². The van der Waals surface area contributed by atoms with Crippen LogP contribution in [0.4, 0.5) is 0 Å². The molecule has 2 aromatic rings. The molecule has 2 rings (SSSR count). The Morgan fingerprint density at radius 2 is 1.88 bits per heavy atom. The van der Waals surface area contributed by atoms with Gasteiger partial charge in [-0.05, 0) is 41.8 Å². The quantitative estimate of drug-likeness (QED) is 0.799. The van der Waals surface area contributed by atoms with Gasteiger partial charge in [0, 0.05) is 23.0 Å². The number of halogens is 2. The molecule has 24 heavy (non-hydrogen) atoms. The summed E-state index contributed by atoms with van der Waals surface area (Å²) in [4.78, 5) is 11.9. The van der Waals surface area contributed by atoms with Crippen molar-refractivity contribution in [3.8, 4) is 0 Å². The first-order chi connectivity index (χ1) is 11.3. The number of primary sulfonamides is 1. The molecule has 8 heteroatoms. The maximum absolute atomic E-state index is 11.9. The summed E-state index contributed by atoms with van der Waals surface area (Å²) in [7, 11) is -3.76. The highest BCUT2D eigenvalue weighted by molar-refractivity contribution is 7.89. The highest BCUT2D eigenvalue weighted by Gasteiger charge is 2.09. The van der Waals surface area contributed by atoms with Gasteiger partial charge in [-0.25, -0.2) is 13.6 Å². The summed E-state index contributed by atoms with van der Waals surface area (Å²) in [6, 6.07) is 11.3. The number of amides is 1. The smallest absolute Gasteiger partial charge is 0.238 e. The van der Waals surface area contributed by atoms with Gasteiger partial charge in [0.1, 0.15) is 0 Å². The van der Waals surface area contributed by atoms with E-state index in [2.05, 4.69) is 5.32 Å². The van der Waals surface area contributed by atoms with E-state index in [1.807, 2.05) is 0 Å². The van der Waals surface area contributed by atoms with Gasteiger partial charge in [-0.1, -0.05) is 41.4 Å². The number of nitrogens with one attached hydrogen (secondary N) is 1. The molecule has 0 atom stereocenters. The average Bonchev–Trinajstić information content (AvgIpc) is 2.51. The monoisotopic (exact) mass is 386 g/mol. The van der Waals surface area contributed by atoms with Crippen LogP contribution in [0.15, 0.2) is 47.4 Å². The van der Waals surface area contributed by atoms with Crippen molar-refractivity contribution in [2.24, 2.45) is 5.14 Å². The number of benzene rings is 2. The summed E-state index contributed by atoms with van der Waals surface area (Å²) in [5.74, 6) is -0.165. The first kappa shape index (κ1) is 18.7. The molecule has 0 spiro atoms. The largest absolute Gasteiger partial charge is 0.352 e. The second-order valence-electron chi connectivity index (χ2n) is 5.20. The lowest BCUT2D eigenvalue weighted by Gasteiger charge is -2.08. The molecule has 0 aliphatic carbocycles. The fourth-order valence-corrected chi connectivity index (χ4v) is 3.18. The number of rotatable bonds is 6. The van der Waals surface area contributed by atoms with Crippen LogP contribution in [0, 0.1) is 0 Å². The van der Waals surface area contributed by atoms with Gasteiger partial charge in [-0.15, -0.1) is 0 Å². The van der Waals surface area contributed by atoms with E-state index >= 15 is 0 Å². The van der Waals surface area contributed by atoms with E-state index in [-0.39, 0.29) is 23.8 Å². The fourth-order valence-electron chi connectivity index (χ4n) is 2.09. The summed E-state index contributed by atoms with van der Waals surface area (Å²) >= 11 is 11.9. The van der Waals surface area contributed by atoms with Crippen molar-refractivity contribution < 1.29 is 13.2 Å². The number of hydrogen-bond donors (Lipinski definition) is 2. The Morgan fingerprint density at radius 1 is 1.12 bits per heavy atom. The standard InChI is InChI=1S/C16H16Cl2N2O3S/c17-13-6-4-12(15(18)9-13)5-7-16(21)20-10-11-2-1-3-14(8-11)24(19,22)23/h1-4,6,8-9H,5,7,10H2,(H,20,21)(H2,19,22,23). The van der Waals surface area contributed by atoms with Gasteiger partial charge in [0.05, 0.1) is 4.90 Å². The van der Waals surface area contributed by atoms with Crippen LogP contribution in [0.3, 0.4) is 0 Å². The molecule has 0 aromatic heterocycles. The molecule has 5 nitrogen and oxygen atoms in total. The first-order valence-corrected chi connectivity index (χ1v) is 9.38. The van der Waals surface area contributed by atoms with Crippen LogP contribution < -0.4 is 10.5 Å². The lowest BCUT2D eigenvalue weighted by atomic mass is 10.1. The van der Waals surface area contributed by atoms with E-state index < -0.39 is 10.0 Å². The molecule has 1 amide bonds. The zero-order chi connectivity index (χ0) is 17.7. The van der Waals surface area contributed by atoms with Crippen molar-refractivity contribution in [3.05, 3.63) is 63.6 Å². The summed E-state index contributed by atoms with van der Waals surface area (Å²) in [5.41, 5.74) is 1.49. The minimum atomic E-state index is -3.76. The number of carbonyl (C=O) groups excluding carboxylic acids is 1. The molecule has 0 radical (unpaired) electrons. The molecule has 0 fully saturated rings. The van der Waals surface area contributed by atoms with Crippen LogP contribution in [0.2, 0.25) is 10.0 Å². The van der Waals surface area contributed by atoms with Gasteiger partial charge in [0.25, 0.3) is 0 Å². The minimum Gasteiger partial charge on any atom is -0.352 e. The molecule has 0 saturated heterocycles. The van der Waals surface area contributed by atoms with Crippen LogP contribution in [-0.2, 0) is 27.8 Å². The van der Waals surface area contributed by atoms with Crippen molar-refractivity contribution in [1.29, 1.82) is 0 Å². The molecular weight excluding hydrogens is 371 g/mol. The maximum atomic E-state index is 11.9. The van der Waals surface area contributed by atoms with Crippen molar-refractivity contribution in [2.75, 3.05) is 0 Å². The van der Waals surface area contributed by atoms with Crippen molar-refractivity contribution in [2.45, 2.75) is 24.3 Å². The van der Waals surface area contributed by atoms with Gasteiger partial charge in [-0.3, -0.25) is 4.79 Å². The Labute approximate surface area is 150 Å². The van der Waals surface area contributed by atoms with Crippen molar-refractivity contribution in [1.82, 2.24) is 5.32 Å². The lowest BCUT2D eigenvalue weighted by molar-refractivity contribution is -0.121. The molecule has 0 aliphatic rings. The number of hydrogen-bond acceptors (Lipinski definition) is 3. The Bertz CT molecular complexity index is 854. The zero-order valence-corrected chi connectivity index (χ0v) is 15.0. The predicted octanol–water partition coefficient (Wildman–Crippen LogP) is 2.89. The van der Waals surface area contributed by atoms with E-state index in [0.717, 1.165) is 5.56 Å². The third kappa shape index (κ3) is 5.49. The zero-order valence-electron chi connectivity index (χ0n) is 12.6. The van der Waals surface area contributed by atoms with E-state index in [1.54, 1.807) is 30.3 Å². The van der Waals surface area contributed by atoms with Crippen LogP contribution in [-0.4, -0.2) is 14.3 Å². The molecule has 128 valence electrons. The summed E-state index contributed by atoms with van der Waals surface area (Å²) in [5, 5.41) is 8.89. The highest BCUT2D eigenvalue weighted by Crippen LogP contribution is 2.22. The van der Waals surface area contributed by atoms with E-state index in [9.17, 15) is 13.2 Å². The van der Waals surface area contributed by atoms with Crippen molar-refractivity contribution in [3.63, 3.8) is 0 Å². The molecule has 0 unspecified atom stereocenters. The molecule has 0 bridgehead atoms. The normalized spacial score (nSPS) is 11.3. The Hall–Kier alpha value is -1.60. The van der Waals surface area contributed by atoms with Crippen LogP contribution in [0.1, 0.15) is 17.5 Å². The maximum Gasteiger partial charge on any atom is 0.238 e. The van der Waals surface area contributed by atoms with Gasteiger partial charge >= 0.3 is 0 Å². The summed E-state index contributed by atoms with van der Waals surface area (Å²) in [6.07, 6.45) is 0.745. The number of aryl methyl sites for hydroxylation is 1. The summed E-state index contributed by atoms with van der Waals surface area (Å²) < 4.78 is 22.6. The molecule has 3 N–H and O–H groups in total. The summed E-state index contributed by atoms with van der Waals surface area (Å²) in [6.45, 7) is 0.219. The number of nitrogens with two attached hydrogens (primary N) is 1.